The molecule has 0 amide bonds. The van der Waals surface area contributed by atoms with Gasteiger partial charge in [0.1, 0.15) is 0 Å². The molecule has 0 aliphatic carbocycles. The van der Waals surface area contributed by atoms with Crippen LogP contribution in [0.2, 0.25) is 0 Å². The van der Waals surface area contributed by atoms with E-state index in [-0.39, 0.29) is 0 Å². The molecule has 0 fully saturated rings. The van der Waals surface area contributed by atoms with E-state index in [4.69, 9.17) is 0 Å². The summed E-state index contributed by atoms with van der Waals surface area (Å²) in [6.45, 7) is 11.8. The van der Waals surface area contributed by atoms with Crippen molar-refractivity contribution in [3.63, 3.8) is 0 Å². The molecular formula is C16H34. The van der Waals surface area contributed by atoms with Crippen molar-refractivity contribution < 1.29 is 0 Å². The Morgan fingerprint density at radius 2 is 1.44 bits per heavy atom. The largest absolute Gasteiger partial charge is 0.0654 e. The molecule has 0 radical (unpaired) electrons. The summed E-state index contributed by atoms with van der Waals surface area (Å²) < 4.78 is 0. The van der Waals surface area contributed by atoms with Gasteiger partial charge < -0.3 is 0 Å². The Kier molecular flexibility index (Phi) is 10.2. The summed E-state index contributed by atoms with van der Waals surface area (Å²) in [6.07, 6.45) is 11.4. The fourth-order valence-electron chi connectivity index (χ4n) is 2.58. The van der Waals surface area contributed by atoms with Gasteiger partial charge in [0.2, 0.25) is 0 Å². The molecule has 0 aliphatic rings. The van der Waals surface area contributed by atoms with Crippen LogP contribution in [-0.4, -0.2) is 0 Å². The monoisotopic (exact) mass is 226 g/mol. The normalized spacial score (nSPS) is 15.4. The first kappa shape index (κ1) is 16.0. The van der Waals surface area contributed by atoms with Crippen molar-refractivity contribution in [2.24, 2.45) is 17.8 Å². The highest BCUT2D eigenvalue weighted by atomic mass is 14.2. The highest BCUT2D eigenvalue weighted by Crippen LogP contribution is 2.28. The van der Waals surface area contributed by atoms with E-state index in [1.165, 1.54) is 51.4 Å². The van der Waals surface area contributed by atoms with E-state index in [0.717, 1.165) is 17.8 Å². The molecule has 2 atom stereocenters. The van der Waals surface area contributed by atoms with E-state index >= 15 is 0 Å². The zero-order valence-electron chi connectivity index (χ0n) is 12.4. The first-order valence-corrected chi connectivity index (χ1v) is 7.61. The molecule has 0 heterocycles. The van der Waals surface area contributed by atoms with Gasteiger partial charge in [0, 0.05) is 0 Å². The lowest BCUT2D eigenvalue weighted by Crippen LogP contribution is -2.13. The van der Waals surface area contributed by atoms with Crippen LogP contribution in [0, 0.1) is 17.8 Å². The Bertz CT molecular complexity index is 137. The third-order valence-corrected chi connectivity index (χ3v) is 3.90. The van der Waals surface area contributed by atoms with Gasteiger partial charge in [0.25, 0.3) is 0 Å². The smallest absolute Gasteiger partial charge is 0.0386 e. The number of unbranched alkanes of at least 4 members (excludes halogenated alkanes) is 4. The summed E-state index contributed by atoms with van der Waals surface area (Å²) in [5.74, 6) is 2.77. The molecule has 0 bridgehead atoms. The van der Waals surface area contributed by atoms with Crippen LogP contribution in [0.1, 0.15) is 86.0 Å². The third kappa shape index (κ3) is 8.19. The Morgan fingerprint density at radius 1 is 0.812 bits per heavy atom. The van der Waals surface area contributed by atoms with Crippen LogP contribution >= 0.6 is 0 Å². The lowest BCUT2D eigenvalue weighted by molar-refractivity contribution is 0.267. The van der Waals surface area contributed by atoms with Crippen LogP contribution in [0.3, 0.4) is 0 Å². The van der Waals surface area contributed by atoms with Crippen LogP contribution in [0.25, 0.3) is 0 Å². The molecule has 0 heteroatoms. The molecule has 16 heavy (non-hydrogen) atoms. The second-order valence-electron chi connectivity index (χ2n) is 5.98. The zero-order chi connectivity index (χ0) is 12.4. The molecule has 0 N–H and O–H groups in total. The van der Waals surface area contributed by atoms with Crippen LogP contribution in [0.4, 0.5) is 0 Å². The van der Waals surface area contributed by atoms with Crippen LogP contribution in [0.5, 0.6) is 0 Å². The second kappa shape index (κ2) is 10.2. The van der Waals surface area contributed by atoms with Gasteiger partial charge in [-0.1, -0.05) is 79.6 Å². The van der Waals surface area contributed by atoms with Crippen LogP contribution < -0.4 is 0 Å². The highest BCUT2D eigenvalue weighted by Gasteiger charge is 2.16. The Balaban J connectivity index is 3.74. The molecule has 0 nitrogen and oxygen atoms in total. The third-order valence-electron chi connectivity index (χ3n) is 3.90. The van der Waals surface area contributed by atoms with Gasteiger partial charge in [-0.3, -0.25) is 0 Å². The molecular weight excluding hydrogens is 192 g/mol. The molecule has 0 aromatic heterocycles. The molecule has 98 valence electrons. The van der Waals surface area contributed by atoms with Gasteiger partial charge >= 0.3 is 0 Å². The molecule has 2 unspecified atom stereocenters. The average Bonchev–Trinajstić information content (AvgIpc) is 2.25. The number of rotatable bonds is 10. The van der Waals surface area contributed by atoms with E-state index in [9.17, 15) is 0 Å². The summed E-state index contributed by atoms with van der Waals surface area (Å²) in [5, 5.41) is 0. The van der Waals surface area contributed by atoms with Crippen molar-refractivity contribution in [2.75, 3.05) is 0 Å². The van der Waals surface area contributed by atoms with Gasteiger partial charge in [0.05, 0.1) is 0 Å². The van der Waals surface area contributed by atoms with E-state index in [1.807, 2.05) is 0 Å². The highest BCUT2D eigenvalue weighted by molar-refractivity contribution is 4.67. The van der Waals surface area contributed by atoms with E-state index < -0.39 is 0 Å². The molecule has 0 saturated heterocycles. The van der Waals surface area contributed by atoms with E-state index in [0.29, 0.717) is 0 Å². The maximum atomic E-state index is 2.44. The molecule has 0 aromatic carbocycles. The van der Waals surface area contributed by atoms with E-state index in [2.05, 4.69) is 34.6 Å². The average molecular weight is 226 g/mol. The van der Waals surface area contributed by atoms with Gasteiger partial charge in [0.15, 0.2) is 0 Å². The Labute approximate surface area is 104 Å². The number of hydrogen-bond donors (Lipinski definition) is 0. The molecule has 0 spiro atoms. The van der Waals surface area contributed by atoms with Crippen molar-refractivity contribution in [3.05, 3.63) is 0 Å². The van der Waals surface area contributed by atoms with Crippen molar-refractivity contribution in [1.29, 1.82) is 0 Å². The predicted octanol–water partition coefficient (Wildman–Crippen LogP) is 6.06. The van der Waals surface area contributed by atoms with Crippen LogP contribution in [-0.2, 0) is 0 Å². The quantitative estimate of drug-likeness (QED) is 0.397. The second-order valence-corrected chi connectivity index (χ2v) is 5.98. The summed E-state index contributed by atoms with van der Waals surface area (Å²) in [4.78, 5) is 0. The minimum absolute atomic E-state index is 0.870. The minimum atomic E-state index is 0.870. The number of hydrogen-bond acceptors (Lipinski definition) is 0. The fourth-order valence-corrected chi connectivity index (χ4v) is 2.58. The molecule has 0 saturated carbocycles. The zero-order valence-corrected chi connectivity index (χ0v) is 12.4. The van der Waals surface area contributed by atoms with Gasteiger partial charge in [-0.2, -0.15) is 0 Å². The topological polar surface area (TPSA) is 0 Å². The van der Waals surface area contributed by atoms with Crippen molar-refractivity contribution in [3.8, 4) is 0 Å². The molecule has 0 aliphatic heterocycles. The lowest BCUT2D eigenvalue weighted by atomic mass is 9.81. The maximum absolute atomic E-state index is 2.44. The van der Waals surface area contributed by atoms with E-state index in [1.54, 1.807) is 0 Å². The van der Waals surface area contributed by atoms with Crippen molar-refractivity contribution in [2.45, 2.75) is 86.0 Å². The Hall–Kier alpha value is 0. The first-order valence-electron chi connectivity index (χ1n) is 7.61. The molecule has 0 rings (SSSR count). The van der Waals surface area contributed by atoms with Gasteiger partial charge in [-0.05, 0) is 24.2 Å². The van der Waals surface area contributed by atoms with Gasteiger partial charge in [-0.15, -0.1) is 0 Å². The summed E-state index contributed by atoms with van der Waals surface area (Å²) >= 11 is 0. The minimum Gasteiger partial charge on any atom is -0.0654 e. The van der Waals surface area contributed by atoms with Crippen molar-refractivity contribution in [1.82, 2.24) is 0 Å². The SMILES string of the molecule is CCCCCCCC(CC(C)C)C(C)CC. The fraction of sp³-hybridized carbons (Fsp3) is 1.00. The summed E-state index contributed by atoms with van der Waals surface area (Å²) in [5.41, 5.74) is 0. The molecule has 0 aromatic rings. The van der Waals surface area contributed by atoms with Gasteiger partial charge in [-0.25, -0.2) is 0 Å². The standard InChI is InChI=1S/C16H34/c1-6-8-9-10-11-12-16(13-14(3)4)15(5)7-2/h14-16H,6-13H2,1-5H3. The first-order chi connectivity index (χ1) is 7.61. The summed E-state index contributed by atoms with van der Waals surface area (Å²) in [6, 6.07) is 0. The lowest BCUT2D eigenvalue weighted by Gasteiger charge is -2.24. The summed E-state index contributed by atoms with van der Waals surface area (Å²) in [7, 11) is 0. The Morgan fingerprint density at radius 3 is 1.94 bits per heavy atom. The van der Waals surface area contributed by atoms with Crippen molar-refractivity contribution >= 4 is 0 Å². The predicted molar refractivity (Wildman–Crippen MR) is 75.8 cm³/mol. The maximum Gasteiger partial charge on any atom is -0.0386 e. The van der Waals surface area contributed by atoms with Crippen LogP contribution in [0.15, 0.2) is 0 Å².